The normalized spacial score (nSPS) is 13.5. The van der Waals surface area contributed by atoms with Crippen molar-refractivity contribution in [3.05, 3.63) is 119 Å². The van der Waals surface area contributed by atoms with Gasteiger partial charge in [-0.05, 0) is 79.6 Å². The molecule has 0 unspecified atom stereocenters. The standard InChI is InChI=1S/C35H54N4OS/c1-12-17-26(4)22-34(40)38-33(37)21-20-32(36)19-16-15-18-28(6)41-29(7)39(11)27(5)23-30(13-2)24-31(14-3)25-35(8,9)10/h12-14,17,20-21,24H,1,3,5-7,15-16,18-19,22-23,25,36-37H2,2,4,8-11H3,(H,38,40)/b26-17+,30-13-,31-24+,32-20-,33-21+. The number of nitrogens with zero attached hydrogens (tertiary/aromatic N) is 1. The molecule has 0 aromatic carbocycles. The monoisotopic (exact) mass is 578 g/mol. The van der Waals surface area contributed by atoms with E-state index in [9.17, 15) is 4.79 Å². The molecule has 0 saturated carbocycles. The molecule has 0 radical (unpaired) electrons. The molecular formula is C35H54N4OS. The van der Waals surface area contributed by atoms with Crippen LogP contribution in [0.25, 0.3) is 0 Å². The first-order chi connectivity index (χ1) is 19.1. The van der Waals surface area contributed by atoms with Gasteiger partial charge in [0.1, 0.15) is 5.82 Å². The predicted molar refractivity (Wildman–Crippen MR) is 183 cm³/mol. The molecule has 0 heterocycles. The van der Waals surface area contributed by atoms with E-state index in [2.05, 4.69) is 78.1 Å². The molecule has 0 aliphatic carbocycles. The zero-order valence-electron chi connectivity index (χ0n) is 26.4. The number of nitrogens with two attached hydrogens (primary N) is 2. The first-order valence-electron chi connectivity index (χ1n) is 14.1. The van der Waals surface area contributed by atoms with Crippen LogP contribution in [-0.2, 0) is 4.79 Å². The van der Waals surface area contributed by atoms with Gasteiger partial charge in [-0.15, -0.1) is 0 Å². The highest BCUT2D eigenvalue weighted by molar-refractivity contribution is 8.06. The number of thioether (sulfide) groups is 1. The van der Waals surface area contributed by atoms with Crippen LogP contribution in [0.1, 0.15) is 79.6 Å². The van der Waals surface area contributed by atoms with Crippen molar-refractivity contribution in [2.75, 3.05) is 7.05 Å². The number of allylic oxidation sites excluding steroid dienone is 11. The second-order valence-corrected chi connectivity index (χ2v) is 12.7. The first kappa shape index (κ1) is 37.6. The van der Waals surface area contributed by atoms with Crippen molar-refractivity contribution >= 4 is 17.7 Å². The quantitative estimate of drug-likeness (QED) is 0.105. The number of unbranched alkanes of at least 4 members (excludes halogenated alkanes) is 1. The van der Waals surface area contributed by atoms with Crippen LogP contribution >= 0.6 is 11.8 Å². The molecule has 0 rings (SSSR count). The maximum absolute atomic E-state index is 12.0. The Labute approximate surface area is 255 Å². The third kappa shape index (κ3) is 18.6. The third-order valence-corrected chi connectivity index (χ3v) is 7.03. The molecule has 0 spiro atoms. The Bertz CT molecular complexity index is 1110. The van der Waals surface area contributed by atoms with E-state index in [1.165, 1.54) is 11.1 Å². The molecule has 1 amide bonds. The lowest BCUT2D eigenvalue weighted by molar-refractivity contribution is -0.119. The van der Waals surface area contributed by atoms with Gasteiger partial charge >= 0.3 is 0 Å². The largest absolute Gasteiger partial charge is 0.402 e. The molecule has 0 atom stereocenters. The number of rotatable bonds is 19. The maximum Gasteiger partial charge on any atom is 0.229 e. The molecule has 6 heteroatoms. The van der Waals surface area contributed by atoms with Crippen LogP contribution in [0, 0.1) is 5.41 Å². The molecule has 0 aromatic rings. The Morgan fingerprint density at radius 3 is 2.17 bits per heavy atom. The highest BCUT2D eigenvalue weighted by atomic mass is 32.2. The van der Waals surface area contributed by atoms with Crippen LogP contribution in [0.3, 0.4) is 0 Å². The zero-order chi connectivity index (χ0) is 31.6. The van der Waals surface area contributed by atoms with Gasteiger partial charge < -0.3 is 21.7 Å². The molecule has 0 aromatic heterocycles. The Morgan fingerprint density at radius 2 is 1.61 bits per heavy atom. The molecule has 0 aliphatic heterocycles. The smallest absolute Gasteiger partial charge is 0.229 e. The van der Waals surface area contributed by atoms with Crippen molar-refractivity contribution in [3.8, 4) is 0 Å². The topological polar surface area (TPSA) is 84.4 Å². The highest BCUT2D eigenvalue weighted by Gasteiger charge is 2.13. The van der Waals surface area contributed by atoms with Gasteiger partial charge in [0.15, 0.2) is 0 Å². The van der Waals surface area contributed by atoms with Crippen LogP contribution in [0.2, 0.25) is 0 Å². The minimum Gasteiger partial charge on any atom is -0.402 e. The molecule has 226 valence electrons. The van der Waals surface area contributed by atoms with E-state index in [1.807, 2.05) is 24.9 Å². The average molecular weight is 579 g/mol. The summed E-state index contributed by atoms with van der Waals surface area (Å²) in [5.41, 5.74) is 17.2. The summed E-state index contributed by atoms with van der Waals surface area (Å²) in [4.78, 5) is 15.1. The average Bonchev–Trinajstić information content (AvgIpc) is 2.87. The predicted octanol–water partition coefficient (Wildman–Crippen LogP) is 8.88. The van der Waals surface area contributed by atoms with Crippen molar-refractivity contribution in [1.29, 1.82) is 0 Å². The SMILES string of the molecule is C=C/C=C(\C)CC(=O)N/C(N)=C/C=C(\N)CCCCC(=C)SC(=C)N(C)C(=C)CC(/C=C(\C=C)CC(C)(C)C)=C/C. The van der Waals surface area contributed by atoms with E-state index >= 15 is 0 Å². The van der Waals surface area contributed by atoms with Crippen LogP contribution < -0.4 is 16.8 Å². The summed E-state index contributed by atoms with van der Waals surface area (Å²) < 4.78 is 0. The number of nitrogens with one attached hydrogen (secondary N) is 1. The van der Waals surface area contributed by atoms with Gasteiger partial charge in [-0.2, -0.15) is 0 Å². The van der Waals surface area contributed by atoms with E-state index in [1.54, 1.807) is 36.1 Å². The van der Waals surface area contributed by atoms with Crippen molar-refractivity contribution in [1.82, 2.24) is 10.2 Å². The van der Waals surface area contributed by atoms with Crippen molar-refractivity contribution in [2.45, 2.75) is 79.6 Å². The summed E-state index contributed by atoms with van der Waals surface area (Å²) in [5.74, 6) is 0.0900. The molecule has 0 fully saturated rings. The second-order valence-electron chi connectivity index (χ2n) is 11.4. The van der Waals surface area contributed by atoms with Crippen molar-refractivity contribution in [2.24, 2.45) is 16.9 Å². The fraction of sp³-hybridized carbons (Fsp3) is 0.400. The lowest BCUT2D eigenvalue weighted by Crippen LogP contribution is -2.27. The maximum atomic E-state index is 12.0. The van der Waals surface area contributed by atoms with Crippen LogP contribution in [0.5, 0.6) is 0 Å². The summed E-state index contributed by atoms with van der Waals surface area (Å²) >= 11 is 1.59. The molecular weight excluding hydrogens is 524 g/mol. The van der Waals surface area contributed by atoms with Gasteiger partial charge in [-0.1, -0.05) is 101 Å². The van der Waals surface area contributed by atoms with Crippen molar-refractivity contribution in [3.63, 3.8) is 0 Å². The van der Waals surface area contributed by atoms with Gasteiger partial charge in [0.25, 0.3) is 0 Å². The number of hydrogen-bond acceptors (Lipinski definition) is 5. The Hall–Kier alpha value is -3.38. The molecule has 0 aliphatic rings. The molecule has 5 N–H and O–H groups in total. The fourth-order valence-electron chi connectivity index (χ4n) is 3.78. The summed E-state index contributed by atoms with van der Waals surface area (Å²) in [6, 6.07) is 0. The summed E-state index contributed by atoms with van der Waals surface area (Å²) in [7, 11) is 2.00. The Kier molecular flexibility index (Phi) is 18.0. The van der Waals surface area contributed by atoms with Gasteiger partial charge in [-0.3, -0.25) is 4.79 Å². The van der Waals surface area contributed by atoms with Crippen LogP contribution in [-0.4, -0.2) is 17.9 Å². The Balaban J connectivity index is 4.66. The summed E-state index contributed by atoms with van der Waals surface area (Å²) in [6.07, 6.45) is 18.5. The lowest BCUT2D eigenvalue weighted by Gasteiger charge is -2.25. The van der Waals surface area contributed by atoms with Crippen LogP contribution in [0.4, 0.5) is 0 Å². The van der Waals surface area contributed by atoms with E-state index < -0.39 is 0 Å². The molecule has 0 saturated heterocycles. The lowest BCUT2D eigenvalue weighted by atomic mass is 9.87. The molecule has 0 bridgehead atoms. The van der Waals surface area contributed by atoms with Crippen LogP contribution in [0.15, 0.2) is 119 Å². The van der Waals surface area contributed by atoms with Gasteiger partial charge in [0.2, 0.25) is 5.91 Å². The zero-order valence-corrected chi connectivity index (χ0v) is 27.3. The Morgan fingerprint density at radius 1 is 0.976 bits per heavy atom. The highest BCUT2D eigenvalue weighted by Crippen LogP contribution is 2.32. The number of amides is 1. The van der Waals surface area contributed by atoms with E-state index in [0.717, 1.165) is 59.7 Å². The van der Waals surface area contributed by atoms with E-state index in [4.69, 9.17) is 11.5 Å². The molecule has 41 heavy (non-hydrogen) atoms. The first-order valence-corrected chi connectivity index (χ1v) is 14.9. The number of carbonyl (C=O) groups is 1. The number of carbonyl (C=O) groups excluding carboxylic acids is 1. The molecule has 5 nitrogen and oxygen atoms in total. The third-order valence-electron chi connectivity index (χ3n) is 6.03. The van der Waals surface area contributed by atoms with E-state index in [-0.39, 0.29) is 23.6 Å². The van der Waals surface area contributed by atoms with E-state index in [0.29, 0.717) is 5.70 Å². The summed E-state index contributed by atoms with van der Waals surface area (Å²) in [5, 5.41) is 3.55. The minimum atomic E-state index is -0.176. The fourth-order valence-corrected chi connectivity index (χ4v) is 4.62. The van der Waals surface area contributed by atoms with Crippen molar-refractivity contribution < 1.29 is 4.79 Å². The van der Waals surface area contributed by atoms with Gasteiger partial charge in [0, 0.05) is 31.3 Å². The summed E-state index contributed by atoms with van der Waals surface area (Å²) in [6.45, 7) is 31.0. The minimum absolute atomic E-state index is 0.176. The van der Waals surface area contributed by atoms with Gasteiger partial charge in [-0.25, -0.2) is 0 Å². The second kappa shape index (κ2) is 19.7. The number of hydrogen-bond donors (Lipinski definition) is 3. The van der Waals surface area contributed by atoms with Gasteiger partial charge in [0.05, 0.1) is 5.03 Å².